The van der Waals surface area contributed by atoms with Crippen molar-refractivity contribution >= 4 is 12.3 Å². The van der Waals surface area contributed by atoms with Crippen LogP contribution in [0.3, 0.4) is 0 Å². The largest absolute Gasteiger partial charge is 0.355 e. The Kier molecular flexibility index (Phi) is 3.82. The lowest BCUT2D eigenvalue weighted by atomic mass is 9.48. The number of likely N-dealkylation sites (N-methyl/N-ethyl adjacent to an activating group) is 1. The molecule has 138 valence electrons. The van der Waals surface area contributed by atoms with E-state index < -0.39 is 0 Å². The fourth-order valence-corrected chi connectivity index (χ4v) is 7.49. The Bertz CT molecular complexity index is 629. The van der Waals surface area contributed by atoms with Crippen LogP contribution >= 0.6 is 0 Å². The summed E-state index contributed by atoms with van der Waals surface area (Å²) < 4.78 is 0. The molecule has 0 aromatic rings. The quantitative estimate of drug-likeness (QED) is 0.783. The average molecular weight is 344 g/mol. The van der Waals surface area contributed by atoms with Crippen LogP contribution in [0.1, 0.15) is 59.3 Å². The normalized spacial score (nSPS) is 49.0. The number of nitrogens with zero attached hydrogens (tertiary/aromatic N) is 1. The molecule has 25 heavy (non-hydrogen) atoms. The molecule has 0 aromatic carbocycles. The molecule has 3 saturated carbocycles. The molecule has 4 rings (SSSR count). The number of carbonyl (C=O) groups is 2. The molecular formula is C21H32N2O2. The lowest BCUT2D eigenvalue weighted by molar-refractivity contribution is -0.139. The van der Waals surface area contributed by atoms with Gasteiger partial charge in [-0.25, -0.2) is 0 Å². The second kappa shape index (κ2) is 5.59. The Labute approximate surface area is 151 Å². The predicted molar refractivity (Wildman–Crippen MR) is 97.7 cm³/mol. The number of fused-ring (bicyclic) bond motifs is 5. The second-order valence-corrected chi connectivity index (χ2v) is 9.54. The van der Waals surface area contributed by atoms with Gasteiger partial charge in [-0.05, 0) is 68.6 Å². The van der Waals surface area contributed by atoms with Crippen molar-refractivity contribution in [1.29, 1.82) is 0 Å². The summed E-state index contributed by atoms with van der Waals surface area (Å²) in [7, 11) is 1.99. The summed E-state index contributed by atoms with van der Waals surface area (Å²) in [6.45, 7) is 6.80. The summed E-state index contributed by atoms with van der Waals surface area (Å²) in [6, 6.07) is 0.689. The van der Waals surface area contributed by atoms with Gasteiger partial charge in [0.1, 0.15) is 0 Å². The summed E-state index contributed by atoms with van der Waals surface area (Å²) in [5, 5.41) is 3.12. The van der Waals surface area contributed by atoms with Gasteiger partial charge < -0.3 is 10.2 Å². The molecule has 0 unspecified atom stereocenters. The molecule has 4 aliphatic rings. The van der Waals surface area contributed by atoms with Gasteiger partial charge in [-0.2, -0.15) is 0 Å². The molecular weight excluding hydrogens is 312 g/mol. The van der Waals surface area contributed by atoms with Crippen molar-refractivity contribution in [1.82, 2.24) is 10.2 Å². The van der Waals surface area contributed by atoms with Crippen molar-refractivity contribution in [2.45, 2.75) is 71.4 Å². The Hall–Kier alpha value is -1.32. The van der Waals surface area contributed by atoms with Crippen LogP contribution in [-0.4, -0.2) is 36.3 Å². The molecule has 3 aliphatic carbocycles. The van der Waals surface area contributed by atoms with Crippen LogP contribution < -0.4 is 5.32 Å². The Morgan fingerprint density at radius 1 is 1.16 bits per heavy atom. The zero-order valence-electron chi connectivity index (χ0n) is 16.0. The number of carbonyl (C=O) groups excluding carboxylic acids is 2. The van der Waals surface area contributed by atoms with E-state index in [1.807, 2.05) is 18.9 Å². The highest BCUT2D eigenvalue weighted by molar-refractivity contribution is 5.94. The van der Waals surface area contributed by atoms with E-state index >= 15 is 0 Å². The highest BCUT2D eigenvalue weighted by atomic mass is 16.2. The maximum Gasteiger partial charge on any atom is 0.249 e. The molecule has 0 spiro atoms. The van der Waals surface area contributed by atoms with E-state index in [0.29, 0.717) is 23.9 Å². The molecule has 3 fully saturated rings. The van der Waals surface area contributed by atoms with Gasteiger partial charge in [-0.15, -0.1) is 0 Å². The Morgan fingerprint density at radius 2 is 1.92 bits per heavy atom. The first kappa shape index (κ1) is 17.1. The first-order valence-corrected chi connectivity index (χ1v) is 9.99. The topological polar surface area (TPSA) is 49.4 Å². The van der Waals surface area contributed by atoms with E-state index in [1.165, 1.54) is 25.7 Å². The zero-order valence-corrected chi connectivity index (χ0v) is 16.0. The summed E-state index contributed by atoms with van der Waals surface area (Å²) in [6.07, 6.45) is 10.3. The van der Waals surface area contributed by atoms with Crippen LogP contribution in [-0.2, 0) is 9.59 Å². The minimum absolute atomic E-state index is 0.104. The molecule has 0 radical (unpaired) electrons. The maximum atomic E-state index is 12.4. The summed E-state index contributed by atoms with van der Waals surface area (Å²) in [5.41, 5.74) is 1.27. The molecule has 7 atom stereocenters. The number of amides is 2. The Balaban J connectivity index is 1.68. The minimum Gasteiger partial charge on any atom is -0.355 e. The number of rotatable bonds is 2. The van der Waals surface area contributed by atoms with E-state index in [1.54, 1.807) is 0 Å². The fourth-order valence-electron chi connectivity index (χ4n) is 7.49. The van der Waals surface area contributed by atoms with E-state index in [9.17, 15) is 9.59 Å². The van der Waals surface area contributed by atoms with Gasteiger partial charge >= 0.3 is 0 Å². The molecule has 4 nitrogen and oxygen atoms in total. The SMILES string of the molecule is CC1=C[C@]2(C)[C@H]3CC[C@]4(C)[C@@H](NC=O)CC[C@H]4[C@@H]3CC[C@H]2N(C)C1=O. The molecule has 0 saturated heterocycles. The van der Waals surface area contributed by atoms with Gasteiger partial charge in [-0.1, -0.05) is 19.9 Å². The third-order valence-electron chi connectivity index (χ3n) is 8.65. The van der Waals surface area contributed by atoms with E-state index in [2.05, 4.69) is 25.2 Å². The van der Waals surface area contributed by atoms with Crippen molar-refractivity contribution in [2.75, 3.05) is 7.05 Å². The van der Waals surface area contributed by atoms with E-state index in [0.717, 1.165) is 30.7 Å². The van der Waals surface area contributed by atoms with E-state index in [4.69, 9.17) is 0 Å². The van der Waals surface area contributed by atoms with Gasteiger partial charge in [-0.3, -0.25) is 9.59 Å². The number of hydrogen-bond acceptors (Lipinski definition) is 2. The van der Waals surface area contributed by atoms with Crippen LogP contribution in [0.4, 0.5) is 0 Å². The third kappa shape index (κ3) is 2.18. The standard InChI is InChI=1S/C21H32N2O2/c1-13-11-21(3)16-9-10-20(2)15(6-7-17(20)22-12-24)14(16)5-8-18(21)23(4)19(13)25/h11-12,14-18H,5-10H2,1-4H3,(H,22,24)/t14-,15-,16-,17-,18+,20-,21+/m0/s1. The molecule has 4 heteroatoms. The van der Waals surface area contributed by atoms with Gasteiger partial charge in [0, 0.05) is 30.1 Å². The Morgan fingerprint density at radius 3 is 2.64 bits per heavy atom. The third-order valence-corrected chi connectivity index (χ3v) is 8.65. The van der Waals surface area contributed by atoms with Gasteiger partial charge in [0.25, 0.3) is 0 Å². The van der Waals surface area contributed by atoms with Crippen molar-refractivity contribution in [2.24, 2.45) is 28.6 Å². The average Bonchev–Trinajstić information content (AvgIpc) is 2.90. The monoisotopic (exact) mass is 344 g/mol. The lowest BCUT2D eigenvalue weighted by Gasteiger charge is -2.60. The van der Waals surface area contributed by atoms with Crippen molar-refractivity contribution in [3.8, 4) is 0 Å². The highest BCUT2D eigenvalue weighted by Gasteiger charge is 2.60. The summed E-state index contributed by atoms with van der Waals surface area (Å²) in [5.74, 6) is 2.30. The van der Waals surface area contributed by atoms with E-state index in [-0.39, 0.29) is 16.7 Å². The number of nitrogens with one attached hydrogen (secondary N) is 1. The van der Waals surface area contributed by atoms with Crippen LogP contribution in [0.2, 0.25) is 0 Å². The summed E-state index contributed by atoms with van der Waals surface area (Å²) in [4.78, 5) is 25.5. The van der Waals surface area contributed by atoms with Crippen LogP contribution in [0, 0.1) is 28.6 Å². The molecule has 1 heterocycles. The lowest BCUT2D eigenvalue weighted by Crippen LogP contribution is -2.60. The van der Waals surface area contributed by atoms with Crippen molar-refractivity contribution in [3.05, 3.63) is 11.6 Å². The molecule has 0 aromatic heterocycles. The predicted octanol–water partition coefficient (Wildman–Crippen LogP) is 3.13. The van der Waals surface area contributed by atoms with Crippen LogP contribution in [0.25, 0.3) is 0 Å². The zero-order chi connectivity index (χ0) is 18.0. The smallest absolute Gasteiger partial charge is 0.249 e. The fraction of sp³-hybridized carbons (Fsp3) is 0.810. The van der Waals surface area contributed by atoms with Gasteiger partial charge in [0.2, 0.25) is 12.3 Å². The second-order valence-electron chi connectivity index (χ2n) is 9.54. The van der Waals surface area contributed by atoms with Crippen LogP contribution in [0.15, 0.2) is 11.6 Å². The molecule has 2 amide bonds. The number of hydrogen-bond donors (Lipinski definition) is 1. The molecule has 0 bridgehead atoms. The van der Waals surface area contributed by atoms with Crippen molar-refractivity contribution in [3.63, 3.8) is 0 Å². The van der Waals surface area contributed by atoms with Crippen molar-refractivity contribution < 1.29 is 9.59 Å². The van der Waals surface area contributed by atoms with Crippen LogP contribution in [0.5, 0.6) is 0 Å². The van der Waals surface area contributed by atoms with Gasteiger partial charge in [0.05, 0.1) is 0 Å². The molecule has 1 aliphatic heterocycles. The minimum atomic E-state index is 0.104. The first-order valence-electron chi connectivity index (χ1n) is 9.99. The first-order chi connectivity index (χ1) is 11.8. The molecule has 1 N–H and O–H groups in total. The summed E-state index contributed by atoms with van der Waals surface area (Å²) >= 11 is 0. The maximum absolute atomic E-state index is 12.4. The van der Waals surface area contributed by atoms with Gasteiger partial charge in [0.15, 0.2) is 0 Å². The highest BCUT2D eigenvalue weighted by Crippen LogP contribution is 2.64.